The lowest BCUT2D eigenvalue weighted by Crippen LogP contribution is -2.46. The Labute approximate surface area is 215 Å². The minimum atomic E-state index is -0.741. The number of aromatic nitrogens is 4. The Bertz CT molecular complexity index is 1350. The number of aliphatic hydroxyl groups excluding tert-OH is 1. The van der Waals surface area contributed by atoms with Crippen molar-refractivity contribution in [3.05, 3.63) is 63.4 Å². The van der Waals surface area contributed by atoms with Crippen LogP contribution in [0.15, 0.2) is 35.6 Å². The van der Waals surface area contributed by atoms with Crippen molar-refractivity contribution in [2.75, 3.05) is 7.11 Å². The van der Waals surface area contributed by atoms with Gasteiger partial charge in [-0.25, -0.2) is 14.3 Å². The van der Waals surface area contributed by atoms with Crippen molar-refractivity contribution in [1.82, 2.24) is 19.6 Å². The van der Waals surface area contributed by atoms with Crippen molar-refractivity contribution < 1.29 is 19.4 Å². The van der Waals surface area contributed by atoms with Gasteiger partial charge in [-0.15, -0.1) is 5.10 Å². The molecule has 1 aliphatic heterocycles. The fraction of sp³-hybridized carbons (Fsp3) is 0.481. The lowest BCUT2D eigenvalue weighted by Gasteiger charge is -2.41. The number of methoxy groups -OCH3 is 1. The first-order valence-electron chi connectivity index (χ1n) is 12.4. The number of fused-ring (bicyclic) bond motifs is 1. The smallest absolute Gasteiger partial charge is 0.338 e. The molecule has 3 aromatic rings. The zero-order chi connectivity index (χ0) is 25.4. The van der Waals surface area contributed by atoms with Crippen molar-refractivity contribution >= 4 is 23.3 Å². The fourth-order valence-electron chi connectivity index (χ4n) is 5.65. The minimum absolute atomic E-state index is 0.0747. The van der Waals surface area contributed by atoms with Crippen LogP contribution in [0, 0.1) is 19.8 Å². The van der Waals surface area contributed by atoms with E-state index in [0.717, 1.165) is 42.6 Å². The maximum atomic E-state index is 13.3. The van der Waals surface area contributed by atoms with E-state index in [0.29, 0.717) is 41.6 Å². The number of esters is 1. The van der Waals surface area contributed by atoms with Crippen LogP contribution in [0.2, 0.25) is 5.02 Å². The van der Waals surface area contributed by atoms with Crippen LogP contribution in [-0.2, 0) is 22.4 Å². The molecule has 1 aromatic carbocycles. The maximum Gasteiger partial charge on any atom is 0.338 e. The molecule has 2 aliphatic rings. The number of aryl methyl sites for hydroxylation is 3. The minimum Gasteiger partial charge on any atom is -0.512 e. The zero-order valence-corrected chi connectivity index (χ0v) is 21.6. The van der Waals surface area contributed by atoms with E-state index in [1.807, 2.05) is 38.1 Å². The van der Waals surface area contributed by atoms with E-state index in [1.165, 1.54) is 0 Å². The average molecular weight is 511 g/mol. The van der Waals surface area contributed by atoms with Gasteiger partial charge in [-0.05, 0) is 69.2 Å². The van der Waals surface area contributed by atoms with Crippen LogP contribution in [-0.4, -0.2) is 43.4 Å². The molecule has 1 saturated carbocycles. The third-order valence-corrected chi connectivity index (χ3v) is 7.80. The molecular weight excluding hydrogens is 480 g/mol. The Morgan fingerprint density at radius 2 is 2.00 bits per heavy atom. The molecule has 1 aliphatic carbocycles. The van der Waals surface area contributed by atoms with Crippen LogP contribution >= 0.6 is 11.6 Å². The summed E-state index contributed by atoms with van der Waals surface area (Å²) in [5.41, 5.74) is 2.27. The van der Waals surface area contributed by atoms with Crippen LogP contribution in [0.3, 0.4) is 0 Å². The van der Waals surface area contributed by atoms with Crippen LogP contribution in [0.25, 0.3) is 5.78 Å². The third-order valence-electron chi connectivity index (χ3n) is 7.51. The second-order valence-electron chi connectivity index (χ2n) is 9.96. The number of carbonyl (C=O) groups is 1. The summed E-state index contributed by atoms with van der Waals surface area (Å²) in [7, 11) is 1.59. The van der Waals surface area contributed by atoms with E-state index in [1.54, 1.807) is 11.6 Å². The molecule has 0 bridgehead atoms. The van der Waals surface area contributed by atoms with Crippen LogP contribution < -0.4 is 4.74 Å². The molecule has 1 fully saturated rings. The SMILES string of the molecule is COc1ccc(CCC2(C3CCCC3)CC(O)=C(Cc3nc4nc(C)cc(C)n4n3)C(=O)O2)cc1Cl. The summed E-state index contributed by atoms with van der Waals surface area (Å²) in [6, 6.07) is 7.64. The summed E-state index contributed by atoms with van der Waals surface area (Å²) in [5.74, 6) is 1.33. The van der Waals surface area contributed by atoms with E-state index in [4.69, 9.17) is 21.1 Å². The van der Waals surface area contributed by atoms with Gasteiger partial charge in [-0.1, -0.05) is 30.5 Å². The number of cyclic esters (lactones) is 1. The third kappa shape index (κ3) is 4.66. The van der Waals surface area contributed by atoms with Gasteiger partial charge in [0.05, 0.1) is 17.7 Å². The van der Waals surface area contributed by atoms with Gasteiger partial charge in [0.2, 0.25) is 0 Å². The molecule has 0 saturated heterocycles. The van der Waals surface area contributed by atoms with Crippen LogP contribution in [0.5, 0.6) is 5.75 Å². The number of rotatable bonds is 7. The number of carbonyl (C=O) groups excluding carboxylic acids is 1. The monoisotopic (exact) mass is 510 g/mol. The summed E-state index contributed by atoms with van der Waals surface area (Å²) in [4.78, 5) is 22.2. The molecule has 36 heavy (non-hydrogen) atoms. The molecule has 9 heteroatoms. The van der Waals surface area contributed by atoms with Gasteiger partial charge in [0.1, 0.15) is 17.1 Å². The van der Waals surface area contributed by atoms with E-state index < -0.39 is 11.6 Å². The molecule has 190 valence electrons. The average Bonchev–Trinajstić information content (AvgIpc) is 3.51. The largest absolute Gasteiger partial charge is 0.512 e. The van der Waals surface area contributed by atoms with E-state index in [-0.39, 0.29) is 23.7 Å². The number of hydrogen-bond acceptors (Lipinski definition) is 7. The predicted octanol–water partition coefficient (Wildman–Crippen LogP) is 5.27. The summed E-state index contributed by atoms with van der Waals surface area (Å²) >= 11 is 6.33. The fourth-order valence-corrected chi connectivity index (χ4v) is 5.93. The highest BCUT2D eigenvalue weighted by atomic mass is 35.5. The number of aliphatic hydroxyl groups is 1. The van der Waals surface area contributed by atoms with Crippen molar-refractivity contribution in [1.29, 1.82) is 0 Å². The van der Waals surface area contributed by atoms with Gasteiger partial charge in [0.15, 0.2) is 5.82 Å². The van der Waals surface area contributed by atoms with Gasteiger partial charge < -0.3 is 14.6 Å². The summed E-state index contributed by atoms with van der Waals surface area (Å²) < 4.78 is 13.1. The van der Waals surface area contributed by atoms with Crippen molar-refractivity contribution in [2.45, 2.75) is 70.8 Å². The highest BCUT2D eigenvalue weighted by molar-refractivity contribution is 6.32. The van der Waals surface area contributed by atoms with E-state index >= 15 is 0 Å². The highest BCUT2D eigenvalue weighted by Crippen LogP contribution is 2.46. The van der Waals surface area contributed by atoms with E-state index in [2.05, 4.69) is 15.1 Å². The molecule has 3 heterocycles. The number of ether oxygens (including phenoxy) is 2. The second-order valence-corrected chi connectivity index (χ2v) is 10.4. The Morgan fingerprint density at radius 3 is 2.69 bits per heavy atom. The number of hydrogen-bond donors (Lipinski definition) is 1. The molecule has 0 amide bonds. The standard InChI is InChI=1S/C27H31ClN4O4/c1-16-12-17(2)32-26(29-16)30-24(31-32)14-20-22(33)15-27(36-25(20)34,19-6-4-5-7-19)11-10-18-8-9-23(35-3)21(28)13-18/h8-9,12-13,19,33H,4-7,10-11,14-15H2,1-3H3. The molecule has 1 N–H and O–H groups in total. The molecule has 5 rings (SSSR count). The van der Waals surface area contributed by atoms with Gasteiger partial charge in [-0.2, -0.15) is 4.98 Å². The molecule has 0 spiro atoms. The number of halogens is 1. The molecular formula is C27H31ClN4O4. The molecule has 2 aromatic heterocycles. The van der Waals surface area contributed by atoms with Crippen LogP contribution in [0.4, 0.5) is 0 Å². The second kappa shape index (κ2) is 9.73. The van der Waals surface area contributed by atoms with Gasteiger partial charge >= 0.3 is 5.97 Å². The first kappa shape index (κ1) is 24.6. The lowest BCUT2D eigenvalue weighted by atomic mass is 9.76. The Morgan fingerprint density at radius 1 is 1.22 bits per heavy atom. The topological polar surface area (TPSA) is 98.8 Å². The molecule has 1 atom stereocenters. The normalized spacial score (nSPS) is 20.8. The van der Waals surface area contributed by atoms with Crippen molar-refractivity contribution in [2.24, 2.45) is 5.92 Å². The summed E-state index contributed by atoms with van der Waals surface area (Å²) in [5, 5.41) is 16.2. The summed E-state index contributed by atoms with van der Waals surface area (Å²) in [6.07, 6.45) is 5.86. The van der Waals surface area contributed by atoms with Crippen molar-refractivity contribution in [3.63, 3.8) is 0 Å². The van der Waals surface area contributed by atoms with Crippen molar-refractivity contribution in [3.8, 4) is 5.75 Å². The Balaban J connectivity index is 1.40. The van der Waals surface area contributed by atoms with Gasteiger partial charge in [-0.3, -0.25) is 0 Å². The zero-order valence-electron chi connectivity index (χ0n) is 20.9. The quantitative estimate of drug-likeness (QED) is 0.432. The number of nitrogens with zero attached hydrogens (tertiary/aromatic N) is 4. The predicted molar refractivity (Wildman–Crippen MR) is 135 cm³/mol. The lowest BCUT2D eigenvalue weighted by molar-refractivity contribution is -0.167. The Kier molecular flexibility index (Phi) is 6.64. The molecule has 0 radical (unpaired) electrons. The number of benzene rings is 1. The Hall–Kier alpha value is -3.13. The van der Waals surface area contributed by atoms with E-state index in [9.17, 15) is 9.90 Å². The molecule has 1 unspecified atom stereocenters. The molecule has 8 nitrogen and oxygen atoms in total. The summed E-state index contributed by atoms with van der Waals surface area (Å²) in [6.45, 7) is 3.83. The van der Waals surface area contributed by atoms with Gasteiger partial charge in [0, 0.05) is 24.2 Å². The van der Waals surface area contributed by atoms with Crippen LogP contribution in [0.1, 0.15) is 61.3 Å². The maximum absolute atomic E-state index is 13.3. The highest BCUT2D eigenvalue weighted by Gasteiger charge is 2.48. The first-order chi connectivity index (χ1) is 17.3. The first-order valence-corrected chi connectivity index (χ1v) is 12.8. The van der Waals surface area contributed by atoms with Gasteiger partial charge in [0.25, 0.3) is 5.78 Å².